The predicted octanol–water partition coefficient (Wildman–Crippen LogP) is 4.64. The van der Waals surface area contributed by atoms with E-state index in [2.05, 4.69) is 54.3 Å². The number of hydrogen-bond donors (Lipinski definition) is 0. The molecule has 2 aromatic carbocycles. The summed E-state index contributed by atoms with van der Waals surface area (Å²) in [6.45, 7) is 4.73. The molecule has 1 aliphatic carbocycles. The van der Waals surface area contributed by atoms with E-state index >= 15 is 0 Å². The van der Waals surface area contributed by atoms with E-state index < -0.39 is 0 Å². The highest BCUT2D eigenvalue weighted by atomic mass is 35.5. The molecule has 21 heavy (non-hydrogen) atoms. The van der Waals surface area contributed by atoms with Gasteiger partial charge in [0.05, 0.1) is 0 Å². The van der Waals surface area contributed by atoms with Crippen LogP contribution in [0.4, 0.5) is 0 Å². The van der Waals surface area contributed by atoms with E-state index in [1.54, 1.807) is 11.1 Å². The zero-order valence-electron chi connectivity index (χ0n) is 12.5. The van der Waals surface area contributed by atoms with E-state index in [-0.39, 0.29) is 12.4 Å². The molecule has 0 aromatic heterocycles. The first-order chi connectivity index (χ1) is 9.88. The Balaban J connectivity index is 0.00000132. The SMILES string of the molecule is CCCN1CCc2cccc3c2[C@H]1Cc1ccccc1-3.Cl. The van der Waals surface area contributed by atoms with Gasteiger partial charge in [-0.25, -0.2) is 0 Å². The molecule has 1 aliphatic heterocycles. The Morgan fingerprint density at radius 3 is 2.62 bits per heavy atom. The summed E-state index contributed by atoms with van der Waals surface area (Å²) in [5.74, 6) is 0. The number of benzene rings is 2. The average Bonchev–Trinajstić information content (AvgIpc) is 2.50. The number of nitrogens with zero attached hydrogens (tertiary/aromatic N) is 1. The summed E-state index contributed by atoms with van der Waals surface area (Å²) < 4.78 is 0. The molecule has 0 amide bonds. The second-order valence-corrected chi connectivity index (χ2v) is 6.04. The van der Waals surface area contributed by atoms with Crippen LogP contribution >= 0.6 is 12.4 Å². The van der Waals surface area contributed by atoms with Gasteiger partial charge >= 0.3 is 0 Å². The van der Waals surface area contributed by atoms with Crippen molar-refractivity contribution in [3.63, 3.8) is 0 Å². The summed E-state index contributed by atoms with van der Waals surface area (Å²) in [6.07, 6.45) is 3.64. The Morgan fingerprint density at radius 1 is 1.00 bits per heavy atom. The highest BCUT2D eigenvalue weighted by Crippen LogP contribution is 2.44. The number of hydrogen-bond acceptors (Lipinski definition) is 1. The van der Waals surface area contributed by atoms with Gasteiger partial charge in [-0.3, -0.25) is 4.90 Å². The molecule has 0 spiro atoms. The topological polar surface area (TPSA) is 3.24 Å². The molecule has 0 saturated heterocycles. The van der Waals surface area contributed by atoms with E-state index in [1.165, 1.54) is 49.0 Å². The van der Waals surface area contributed by atoms with E-state index in [4.69, 9.17) is 0 Å². The highest BCUT2D eigenvalue weighted by Gasteiger charge is 2.33. The third-order valence-electron chi connectivity index (χ3n) is 4.87. The molecule has 2 aromatic rings. The first kappa shape index (κ1) is 14.6. The summed E-state index contributed by atoms with van der Waals surface area (Å²) in [4.78, 5) is 2.70. The van der Waals surface area contributed by atoms with Crippen LogP contribution < -0.4 is 0 Å². The highest BCUT2D eigenvalue weighted by molar-refractivity contribution is 5.85. The molecular formula is C19H22ClN. The summed E-state index contributed by atoms with van der Waals surface area (Å²) in [5, 5.41) is 0. The largest absolute Gasteiger partial charge is 0.296 e. The van der Waals surface area contributed by atoms with E-state index in [9.17, 15) is 0 Å². The van der Waals surface area contributed by atoms with Gasteiger partial charge in [-0.15, -0.1) is 12.4 Å². The molecule has 0 unspecified atom stereocenters. The van der Waals surface area contributed by atoms with Crippen molar-refractivity contribution in [2.45, 2.75) is 32.2 Å². The van der Waals surface area contributed by atoms with Crippen molar-refractivity contribution >= 4 is 12.4 Å². The minimum Gasteiger partial charge on any atom is -0.296 e. The van der Waals surface area contributed by atoms with Gasteiger partial charge in [0.1, 0.15) is 0 Å². The molecule has 1 atom stereocenters. The van der Waals surface area contributed by atoms with Crippen LogP contribution in [0.3, 0.4) is 0 Å². The lowest BCUT2D eigenvalue weighted by Crippen LogP contribution is -2.38. The van der Waals surface area contributed by atoms with Gasteiger partial charge in [-0.2, -0.15) is 0 Å². The van der Waals surface area contributed by atoms with Gasteiger partial charge in [0.15, 0.2) is 0 Å². The molecule has 1 heterocycles. The van der Waals surface area contributed by atoms with Gasteiger partial charge in [0.2, 0.25) is 0 Å². The molecule has 0 fully saturated rings. The first-order valence-corrected chi connectivity index (χ1v) is 7.82. The van der Waals surface area contributed by atoms with Crippen LogP contribution in [-0.4, -0.2) is 18.0 Å². The standard InChI is InChI=1S/C19H21N.ClH/c1-2-11-20-12-10-14-7-5-9-17-16-8-4-3-6-15(16)13-18(20)19(14)17;/h3-9,18H,2,10-13H2,1H3;1H/t18-;/m1./s1. The van der Waals surface area contributed by atoms with Crippen LogP contribution in [0.1, 0.15) is 36.1 Å². The zero-order chi connectivity index (χ0) is 13.5. The van der Waals surface area contributed by atoms with Crippen molar-refractivity contribution in [2.24, 2.45) is 0 Å². The normalized spacial score (nSPS) is 19.4. The van der Waals surface area contributed by atoms with E-state index in [1.807, 2.05) is 0 Å². The first-order valence-electron chi connectivity index (χ1n) is 7.82. The molecule has 2 aliphatic rings. The Morgan fingerprint density at radius 2 is 1.76 bits per heavy atom. The quantitative estimate of drug-likeness (QED) is 0.781. The lowest BCUT2D eigenvalue weighted by molar-refractivity contribution is 0.183. The Bertz CT molecular complexity index is 650. The number of halogens is 1. The molecule has 0 bridgehead atoms. The Kier molecular flexibility index (Phi) is 4.05. The minimum absolute atomic E-state index is 0. The summed E-state index contributed by atoms with van der Waals surface area (Å²) in [5.41, 5.74) is 7.65. The van der Waals surface area contributed by atoms with Crippen molar-refractivity contribution < 1.29 is 0 Å². The molecule has 1 nitrogen and oxygen atoms in total. The third kappa shape index (κ3) is 2.29. The van der Waals surface area contributed by atoms with Crippen LogP contribution in [0, 0.1) is 0 Å². The van der Waals surface area contributed by atoms with Crippen LogP contribution in [0.2, 0.25) is 0 Å². The fourth-order valence-corrected chi connectivity index (χ4v) is 4.02. The van der Waals surface area contributed by atoms with Crippen LogP contribution in [0.25, 0.3) is 11.1 Å². The molecule has 0 radical (unpaired) electrons. The maximum absolute atomic E-state index is 2.70. The molecular weight excluding hydrogens is 278 g/mol. The van der Waals surface area contributed by atoms with Crippen molar-refractivity contribution in [3.8, 4) is 11.1 Å². The van der Waals surface area contributed by atoms with E-state index in [0.717, 1.165) is 0 Å². The Hall–Kier alpha value is -1.31. The smallest absolute Gasteiger partial charge is 0.0397 e. The van der Waals surface area contributed by atoms with Gasteiger partial charge < -0.3 is 0 Å². The third-order valence-corrected chi connectivity index (χ3v) is 4.87. The van der Waals surface area contributed by atoms with Gasteiger partial charge in [-0.05, 0) is 53.6 Å². The maximum atomic E-state index is 2.70. The average molecular weight is 300 g/mol. The van der Waals surface area contributed by atoms with E-state index in [0.29, 0.717) is 6.04 Å². The number of fused-ring (bicyclic) bond motifs is 2. The Labute approximate surface area is 133 Å². The van der Waals surface area contributed by atoms with Gasteiger partial charge in [0.25, 0.3) is 0 Å². The summed E-state index contributed by atoms with van der Waals surface area (Å²) in [6, 6.07) is 16.4. The second kappa shape index (κ2) is 5.82. The monoisotopic (exact) mass is 299 g/mol. The van der Waals surface area contributed by atoms with Crippen LogP contribution in [0.15, 0.2) is 42.5 Å². The molecule has 0 N–H and O–H groups in total. The van der Waals surface area contributed by atoms with Crippen molar-refractivity contribution in [1.29, 1.82) is 0 Å². The van der Waals surface area contributed by atoms with Crippen LogP contribution in [-0.2, 0) is 12.8 Å². The van der Waals surface area contributed by atoms with Crippen molar-refractivity contribution in [2.75, 3.05) is 13.1 Å². The van der Waals surface area contributed by atoms with Crippen molar-refractivity contribution in [1.82, 2.24) is 4.90 Å². The zero-order valence-corrected chi connectivity index (χ0v) is 13.3. The fraction of sp³-hybridized carbons (Fsp3) is 0.368. The summed E-state index contributed by atoms with van der Waals surface area (Å²) >= 11 is 0. The minimum atomic E-state index is 0. The molecule has 0 saturated carbocycles. The van der Waals surface area contributed by atoms with Crippen molar-refractivity contribution in [3.05, 3.63) is 59.2 Å². The predicted molar refractivity (Wildman–Crippen MR) is 91.1 cm³/mol. The van der Waals surface area contributed by atoms with Gasteiger partial charge in [0, 0.05) is 12.6 Å². The lowest BCUT2D eigenvalue weighted by Gasteiger charge is -2.41. The van der Waals surface area contributed by atoms with Gasteiger partial charge in [-0.1, -0.05) is 49.4 Å². The molecule has 4 rings (SSSR count). The fourth-order valence-electron chi connectivity index (χ4n) is 4.02. The molecule has 2 heteroatoms. The lowest BCUT2D eigenvalue weighted by atomic mass is 9.77. The van der Waals surface area contributed by atoms with Crippen LogP contribution in [0.5, 0.6) is 0 Å². The number of rotatable bonds is 2. The second-order valence-electron chi connectivity index (χ2n) is 6.04. The summed E-state index contributed by atoms with van der Waals surface area (Å²) in [7, 11) is 0. The molecule has 110 valence electrons. The maximum Gasteiger partial charge on any atom is 0.0397 e.